The molecular formula is C49H75N3O5. The van der Waals surface area contributed by atoms with E-state index in [1.807, 2.05) is 6.08 Å². The Bertz CT molecular complexity index is 1640. The third-order valence-electron chi connectivity index (χ3n) is 16.0. The van der Waals surface area contributed by atoms with Crippen LogP contribution in [-0.2, 0) is 11.2 Å². The number of aliphatic hydroxyl groups excluding tert-OH is 2. The number of rotatable bonds is 13. The first kappa shape index (κ1) is 42.3. The Balaban J connectivity index is 1.11. The highest BCUT2D eigenvalue weighted by Gasteiger charge is 2.52. The first-order valence-corrected chi connectivity index (χ1v) is 23.2. The number of nitrogens with two attached hydrogens (primary N) is 1. The quantitative estimate of drug-likeness (QED) is 0.0779. The van der Waals surface area contributed by atoms with Crippen molar-refractivity contribution in [2.75, 3.05) is 6.54 Å². The predicted molar refractivity (Wildman–Crippen MR) is 228 cm³/mol. The van der Waals surface area contributed by atoms with Gasteiger partial charge >= 0.3 is 5.97 Å². The first-order valence-electron chi connectivity index (χ1n) is 23.2. The fourth-order valence-corrected chi connectivity index (χ4v) is 13.0. The van der Waals surface area contributed by atoms with Crippen molar-refractivity contribution < 1.29 is 25.2 Å². The third-order valence-corrected chi connectivity index (χ3v) is 16.0. The van der Waals surface area contributed by atoms with E-state index in [4.69, 9.17) is 5.73 Å². The summed E-state index contributed by atoms with van der Waals surface area (Å²) in [6.07, 6.45) is 28.1. The minimum atomic E-state index is -1.01. The van der Waals surface area contributed by atoms with Gasteiger partial charge in [0.15, 0.2) is 0 Å². The monoisotopic (exact) mass is 786 g/mol. The number of hydrogen-bond acceptors (Lipinski definition) is 6. The zero-order valence-electron chi connectivity index (χ0n) is 35.3. The van der Waals surface area contributed by atoms with E-state index >= 15 is 0 Å². The number of carbonyl (C=O) groups is 1. The highest BCUT2D eigenvalue weighted by molar-refractivity contribution is 5.71. The zero-order valence-corrected chi connectivity index (χ0v) is 35.3. The second kappa shape index (κ2) is 18.6. The Morgan fingerprint density at radius 2 is 1.79 bits per heavy atom. The standard InChI is InChI=1S/C49H75N3O5/c1-4-5-6-11-32-15-16-35(44(54)25-32)12-7-8-13-36-17-18-38(42-28-39-31(3)46-30(2)10-9-14-37(46)27-41(39)52-42)40-24-34(23-33-20-22-51-45(50)26-33)29-49(40,57)21-19-43(53)47(36)48(55)56/h9,14-16,20,26,28,30-32,34-38,40,43-44,46-47,51-54,57H,4-8,10-13,17-19,21-25,27,29,50H2,1-3H3,(H,55,56). The number of hydrogen-bond donors (Lipinski definition) is 7. The molecule has 57 heavy (non-hydrogen) atoms. The Labute approximate surface area is 342 Å². The van der Waals surface area contributed by atoms with E-state index in [1.165, 1.54) is 41.8 Å². The van der Waals surface area contributed by atoms with Crippen LogP contribution < -0.4 is 11.1 Å². The van der Waals surface area contributed by atoms with Crippen LogP contribution in [0.1, 0.15) is 159 Å². The topological polar surface area (TPSA) is 152 Å². The molecule has 0 saturated heterocycles. The summed E-state index contributed by atoms with van der Waals surface area (Å²) < 4.78 is 0. The van der Waals surface area contributed by atoms with E-state index in [0.29, 0.717) is 61.2 Å². The van der Waals surface area contributed by atoms with E-state index in [0.717, 1.165) is 70.6 Å². The van der Waals surface area contributed by atoms with Gasteiger partial charge in [-0.05, 0) is 154 Å². The van der Waals surface area contributed by atoms with Gasteiger partial charge in [0.25, 0.3) is 0 Å². The van der Waals surface area contributed by atoms with Gasteiger partial charge in [0, 0.05) is 29.8 Å². The van der Waals surface area contributed by atoms with Gasteiger partial charge in [-0.1, -0.05) is 83.3 Å². The fourth-order valence-electron chi connectivity index (χ4n) is 13.0. The summed E-state index contributed by atoms with van der Waals surface area (Å²) in [7, 11) is 0. The molecule has 14 atom stereocenters. The maximum absolute atomic E-state index is 13.1. The number of unbranched alkanes of at least 4 members (excludes halogenated alkanes) is 3. The van der Waals surface area contributed by atoms with Gasteiger partial charge in [-0.25, -0.2) is 0 Å². The summed E-state index contributed by atoms with van der Waals surface area (Å²) in [5.41, 5.74) is 10.4. The maximum Gasteiger partial charge on any atom is 0.309 e. The Morgan fingerprint density at radius 3 is 2.56 bits per heavy atom. The summed E-state index contributed by atoms with van der Waals surface area (Å²) in [4.78, 5) is 17.0. The Hall–Kier alpha value is -2.81. The van der Waals surface area contributed by atoms with Crippen LogP contribution in [0.25, 0.3) is 0 Å². The van der Waals surface area contributed by atoms with E-state index in [2.05, 4.69) is 67.5 Å². The summed E-state index contributed by atoms with van der Waals surface area (Å²) in [5, 5.41) is 49.4. The zero-order chi connectivity index (χ0) is 40.3. The summed E-state index contributed by atoms with van der Waals surface area (Å²) in [5.74, 6) is 1.96. The number of allylic oxidation sites excluding steroid dienone is 5. The number of nitrogens with one attached hydrogen (secondary N) is 2. The van der Waals surface area contributed by atoms with Crippen LogP contribution in [0.15, 0.2) is 53.9 Å². The lowest BCUT2D eigenvalue weighted by atomic mass is 9.64. The van der Waals surface area contributed by atoms with Crippen LogP contribution in [0.2, 0.25) is 0 Å². The fraction of sp³-hybridized carbons (Fsp3) is 0.735. The van der Waals surface area contributed by atoms with Gasteiger partial charge in [0.1, 0.15) is 0 Å². The molecule has 0 bridgehead atoms. The van der Waals surface area contributed by atoms with Gasteiger partial charge in [0.2, 0.25) is 0 Å². The highest BCUT2D eigenvalue weighted by Crippen LogP contribution is 2.55. The third kappa shape index (κ3) is 9.65. The van der Waals surface area contributed by atoms with E-state index in [1.54, 1.807) is 0 Å². The van der Waals surface area contributed by atoms with Crippen molar-refractivity contribution in [1.82, 2.24) is 10.3 Å². The average molecular weight is 786 g/mol. The minimum Gasteiger partial charge on any atom is -0.481 e. The van der Waals surface area contributed by atoms with Gasteiger partial charge in [0.05, 0.1) is 29.5 Å². The van der Waals surface area contributed by atoms with Crippen molar-refractivity contribution in [3.8, 4) is 0 Å². The van der Waals surface area contributed by atoms with E-state index < -0.39 is 23.6 Å². The normalized spacial score (nSPS) is 39.3. The van der Waals surface area contributed by atoms with E-state index in [-0.39, 0.29) is 42.1 Å². The number of H-pyrrole nitrogens is 1. The molecule has 1 aliphatic heterocycles. The van der Waals surface area contributed by atoms with Gasteiger partial charge in [-0.15, -0.1) is 0 Å². The minimum absolute atomic E-state index is 0.00208. The predicted octanol–water partition coefficient (Wildman–Crippen LogP) is 9.01. The Morgan fingerprint density at radius 1 is 0.982 bits per heavy atom. The van der Waals surface area contributed by atoms with Crippen LogP contribution in [0.3, 0.4) is 0 Å². The molecule has 7 rings (SSSR count). The average Bonchev–Trinajstić information content (AvgIpc) is 3.74. The molecule has 6 aliphatic rings. The highest BCUT2D eigenvalue weighted by atomic mass is 16.4. The summed E-state index contributed by atoms with van der Waals surface area (Å²) >= 11 is 0. The van der Waals surface area contributed by atoms with Crippen molar-refractivity contribution in [2.45, 2.75) is 166 Å². The molecular weight excluding hydrogens is 711 g/mol. The molecule has 0 radical (unpaired) electrons. The van der Waals surface area contributed by atoms with Crippen molar-refractivity contribution in [2.24, 2.45) is 59.0 Å². The number of aliphatic hydroxyl groups is 3. The second-order valence-corrected chi connectivity index (χ2v) is 19.8. The Kier molecular flexibility index (Phi) is 13.8. The lowest BCUT2D eigenvalue weighted by Gasteiger charge is -2.41. The SMILES string of the molecule is CCCCCC1C=CC(CCCCC2CCC(c3cc4c([nH]3)CC3C=CCC(C)C3C4C)C3CC(CC4=CCNC(N)=C4)CC3(O)CCC(O)C2C(=O)O)C(O)C1. The van der Waals surface area contributed by atoms with Crippen LogP contribution in [-0.4, -0.2) is 55.7 Å². The number of carboxylic acid groups (broad SMARTS) is 1. The van der Waals surface area contributed by atoms with Gasteiger partial charge in [-0.2, -0.15) is 0 Å². The number of dihydropyridines is 1. The number of aromatic amines is 1. The number of aliphatic carboxylic acids is 1. The molecule has 316 valence electrons. The molecule has 1 aromatic heterocycles. The molecule has 2 saturated carbocycles. The van der Waals surface area contributed by atoms with Crippen LogP contribution in [0.4, 0.5) is 0 Å². The lowest BCUT2D eigenvalue weighted by molar-refractivity contribution is -0.150. The second-order valence-electron chi connectivity index (χ2n) is 19.8. The molecule has 2 fully saturated rings. The number of carboxylic acids is 1. The van der Waals surface area contributed by atoms with Crippen LogP contribution in [0.5, 0.6) is 0 Å². The molecule has 8 nitrogen and oxygen atoms in total. The first-order chi connectivity index (χ1) is 27.4. The molecule has 5 aliphatic carbocycles. The summed E-state index contributed by atoms with van der Waals surface area (Å²) in [6, 6.07) is 2.44. The molecule has 14 unspecified atom stereocenters. The molecule has 2 heterocycles. The lowest BCUT2D eigenvalue weighted by Crippen LogP contribution is -2.42. The van der Waals surface area contributed by atoms with E-state index in [9.17, 15) is 25.2 Å². The van der Waals surface area contributed by atoms with Crippen molar-refractivity contribution >= 4 is 5.97 Å². The largest absolute Gasteiger partial charge is 0.481 e. The van der Waals surface area contributed by atoms with Gasteiger partial charge < -0.3 is 36.5 Å². The number of aromatic nitrogens is 1. The molecule has 1 aromatic rings. The van der Waals surface area contributed by atoms with Gasteiger partial charge in [-0.3, -0.25) is 4.79 Å². The molecule has 0 amide bonds. The molecule has 0 spiro atoms. The van der Waals surface area contributed by atoms with Crippen molar-refractivity contribution in [1.29, 1.82) is 0 Å². The van der Waals surface area contributed by atoms with Crippen LogP contribution >= 0.6 is 0 Å². The van der Waals surface area contributed by atoms with Crippen molar-refractivity contribution in [3.05, 3.63) is 70.9 Å². The smallest absolute Gasteiger partial charge is 0.309 e. The molecule has 0 aromatic carbocycles. The molecule has 8 N–H and O–H groups in total. The summed E-state index contributed by atoms with van der Waals surface area (Å²) in [6.45, 7) is 7.76. The number of fused-ring (bicyclic) bond motifs is 3. The maximum atomic E-state index is 13.1. The molecule has 8 heteroatoms. The van der Waals surface area contributed by atoms with Crippen molar-refractivity contribution in [3.63, 3.8) is 0 Å². The van der Waals surface area contributed by atoms with Crippen LogP contribution in [0, 0.1) is 53.3 Å².